The molecule has 6 N–H and O–H groups in total. The highest BCUT2D eigenvalue weighted by Crippen LogP contribution is 2.13. The molecule has 0 fully saturated rings. The number of carboxylic acid groups (broad SMARTS) is 2. The number of aromatic nitrogens is 2. The van der Waals surface area contributed by atoms with Crippen LogP contribution in [0.15, 0.2) is 35.3 Å². The van der Waals surface area contributed by atoms with Crippen molar-refractivity contribution >= 4 is 41.2 Å². The molecule has 2 heterocycles. The van der Waals surface area contributed by atoms with Gasteiger partial charge in [-0.1, -0.05) is 41.7 Å². The molecule has 1 aromatic heterocycles. The molecule has 14 nitrogen and oxygen atoms in total. The highest BCUT2D eigenvalue weighted by molar-refractivity contribution is 7.13. The molecule has 224 valence electrons. The first kappa shape index (κ1) is 32.7. The number of alkyl carbamates (subject to hydrolysis) is 1. The summed E-state index contributed by atoms with van der Waals surface area (Å²) in [5.41, 5.74) is 0.765. The van der Waals surface area contributed by atoms with Gasteiger partial charge in [0.1, 0.15) is 17.7 Å². The molecule has 3 rings (SSSR count). The molecule has 1 aliphatic rings. The molecule has 2 aromatic rings. The highest BCUT2D eigenvalue weighted by atomic mass is 32.1. The fourth-order valence-electron chi connectivity index (χ4n) is 2.95. The maximum atomic E-state index is 12.3. The van der Waals surface area contributed by atoms with Crippen LogP contribution in [0.25, 0.3) is 0 Å². The Bertz CT molecular complexity index is 1200. The molecule has 1 aliphatic heterocycles. The Morgan fingerprint density at radius 1 is 1.10 bits per heavy atom. The zero-order chi connectivity index (χ0) is 30.3. The second kappa shape index (κ2) is 16.6. The second-order valence-corrected chi connectivity index (χ2v) is 9.21. The average Bonchev–Trinajstić information content (AvgIpc) is 3.62. The van der Waals surface area contributed by atoms with E-state index in [0.717, 1.165) is 60.3 Å². The number of carboxylic acids is 2. The van der Waals surface area contributed by atoms with Crippen LogP contribution in [0.2, 0.25) is 0 Å². The number of guanidine groups is 1. The predicted octanol–water partition coefficient (Wildman–Crippen LogP) is 1.15. The first-order valence-corrected chi connectivity index (χ1v) is 12.9. The van der Waals surface area contributed by atoms with Gasteiger partial charge in [0.05, 0.1) is 6.54 Å². The number of halogens is 3. The minimum absolute atomic E-state index is 0.000631. The van der Waals surface area contributed by atoms with Gasteiger partial charge in [-0.3, -0.25) is 9.79 Å². The topological polar surface area (TPSA) is 204 Å². The lowest BCUT2D eigenvalue weighted by Crippen LogP contribution is -2.48. The molecule has 18 heteroatoms. The summed E-state index contributed by atoms with van der Waals surface area (Å²) in [6.45, 7) is 2.11. The molecule has 0 bridgehead atoms. The van der Waals surface area contributed by atoms with Crippen molar-refractivity contribution in [3.63, 3.8) is 0 Å². The molecule has 2 amide bonds. The molecular weight excluding hydrogens is 575 g/mol. The van der Waals surface area contributed by atoms with Gasteiger partial charge in [0.25, 0.3) is 5.91 Å². The maximum absolute atomic E-state index is 12.3. The van der Waals surface area contributed by atoms with Crippen molar-refractivity contribution in [2.75, 3.05) is 26.2 Å². The monoisotopic (exact) mass is 603 g/mol. The van der Waals surface area contributed by atoms with Gasteiger partial charge < -0.3 is 36.2 Å². The molecule has 0 saturated heterocycles. The van der Waals surface area contributed by atoms with Gasteiger partial charge in [-0.2, -0.15) is 13.2 Å². The van der Waals surface area contributed by atoms with Crippen molar-refractivity contribution in [2.45, 2.75) is 38.1 Å². The van der Waals surface area contributed by atoms with Crippen molar-refractivity contribution in [1.29, 1.82) is 0 Å². The minimum atomic E-state index is -5.08. The summed E-state index contributed by atoms with van der Waals surface area (Å²) in [5, 5.41) is 36.3. The van der Waals surface area contributed by atoms with E-state index in [9.17, 15) is 32.7 Å². The zero-order valence-electron chi connectivity index (χ0n) is 21.4. The zero-order valence-corrected chi connectivity index (χ0v) is 22.3. The summed E-state index contributed by atoms with van der Waals surface area (Å²) in [4.78, 5) is 48.9. The standard InChI is InChI=1S/C21H27N7O5S.C2HF3O2/c29-17(18-28-27-16(34-18)8-4-5-9-22-20-23-10-11-24-20)25-12-15(19(30)31)26-21(32)33-13-14-6-2-1-3-7-14;3-2(4,5)1(6)7/h1-3,6-7,15H,4-5,8-13H2,(H,25,29)(H,26,32)(H,30,31)(H2,22,23,24);(H,6,7). The SMILES string of the molecule is O=C(NC(CNC(=O)c1nnc(CCCCNC2=NCCN2)s1)C(=O)O)OCc1ccccc1.O=C(O)C(F)(F)F. The Labute approximate surface area is 235 Å². The third kappa shape index (κ3) is 12.9. The largest absolute Gasteiger partial charge is 0.490 e. The number of ether oxygens (including phenoxy) is 1. The Kier molecular flexibility index (Phi) is 13.2. The smallest absolute Gasteiger partial charge is 0.480 e. The molecule has 0 radical (unpaired) electrons. The van der Waals surface area contributed by atoms with Gasteiger partial charge in [-0.05, 0) is 18.4 Å². The van der Waals surface area contributed by atoms with Gasteiger partial charge >= 0.3 is 24.2 Å². The normalized spacial score (nSPS) is 13.0. The van der Waals surface area contributed by atoms with E-state index in [-0.39, 0.29) is 18.2 Å². The van der Waals surface area contributed by atoms with Crippen LogP contribution in [0.1, 0.15) is 33.2 Å². The van der Waals surface area contributed by atoms with Gasteiger partial charge in [-0.25, -0.2) is 14.4 Å². The Morgan fingerprint density at radius 2 is 1.80 bits per heavy atom. The lowest BCUT2D eigenvalue weighted by atomic mass is 10.2. The number of carbonyl (C=O) groups is 4. The number of unbranched alkanes of at least 4 members (excludes halogenated alkanes) is 1. The number of aryl methyl sites for hydroxylation is 1. The van der Waals surface area contributed by atoms with Gasteiger partial charge in [0.15, 0.2) is 5.96 Å². The Hall–Kier alpha value is -4.48. The van der Waals surface area contributed by atoms with Crippen LogP contribution < -0.4 is 21.3 Å². The van der Waals surface area contributed by atoms with E-state index in [0.29, 0.717) is 6.42 Å². The van der Waals surface area contributed by atoms with Crippen molar-refractivity contribution < 1.29 is 47.3 Å². The van der Waals surface area contributed by atoms with E-state index in [1.54, 1.807) is 24.3 Å². The quantitative estimate of drug-likeness (QED) is 0.190. The van der Waals surface area contributed by atoms with Crippen molar-refractivity contribution in [1.82, 2.24) is 31.5 Å². The van der Waals surface area contributed by atoms with E-state index in [1.807, 2.05) is 6.07 Å². The third-order valence-corrected chi connectivity index (χ3v) is 5.94. The number of amides is 2. The van der Waals surface area contributed by atoms with Crippen molar-refractivity contribution in [3.05, 3.63) is 45.9 Å². The molecular formula is C23H28F3N7O7S. The molecule has 1 unspecified atom stereocenters. The number of nitrogens with zero attached hydrogens (tertiary/aromatic N) is 3. The molecule has 1 aromatic carbocycles. The molecule has 1 atom stereocenters. The van der Waals surface area contributed by atoms with Gasteiger partial charge in [0, 0.05) is 26.1 Å². The maximum Gasteiger partial charge on any atom is 0.490 e. The van der Waals surface area contributed by atoms with E-state index >= 15 is 0 Å². The van der Waals surface area contributed by atoms with E-state index in [4.69, 9.17) is 14.6 Å². The molecule has 0 saturated carbocycles. The van der Waals surface area contributed by atoms with Gasteiger partial charge in [0.2, 0.25) is 5.01 Å². The van der Waals surface area contributed by atoms with E-state index in [1.165, 1.54) is 0 Å². The number of hydrogen-bond acceptors (Lipinski definition) is 11. The van der Waals surface area contributed by atoms with E-state index in [2.05, 4.69) is 36.5 Å². The number of aliphatic carboxylic acids is 2. The van der Waals surface area contributed by atoms with Crippen molar-refractivity contribution in [2.24, 2.45) is 4.99 Å². The lowest BCUT2D eigenvalue weighted by molar-refractivity contribution is -0.192. The lowest BCUT2D eigenvalue weighted by Gasteiger charge is -2.15. The number of nitrogens with one attached hydrogen (secondary N) is 4. The average molecular weight is 604 g/mol. The fraction of sp³-hybridized carbons (Fsp3) is 0.435. The number of hydrogen-bond donors (Lipinski definition) is 6. The molecule has 41 heavy (non-hydrogen) atoms. The number of benzene rings is 1. The highest BCUT2D eigenvalue weighted by Gasteiger charge is 2.38. The summed E-state index contributed by atoms with van der Waals surface area (Å²) in [6, 6.07) is 7.63. The summed E-state index contributed by atoms with van der Waals surface area (Å²) >= 11 is 1.15. The van der Waals surface area contributed by atoms with Crippen LogP contribution in [0.3, 0.4) is 0 Å². The number of alkyl halides is 3. The Balaban J connectivity index is 0.000000745. The first-order valence-electron chi connectivity index (χ1n) is 12.1. The summed E-state index contributed by atoms with van der Waals surface area (Å²) in [7, 11) is 0. The molecule has 0 spiro atoms. The van der Waals surface area contributed by atoms with Crippen LogP contribution in [-0.4, -0.2) is 88.7 Å². The summed E-state index contributed by atoms with van der Waals surface area (Å²) in [6.07, 6.45) is -3.52. The van der Waals surface area contributed by atoms with Crippen LogP contribution >= 0.6 is 11.3 Å². The number of carbonyl (C=O) groups excluding carboxylic acids is 2. The Morgan fingerprint density at radius 3 is 2.41 bits per heavy atom. The first-order chi connectivity index (χ1) is 19.5. The van der Waals surface area contributed by atoms with Crippen molar-refractivity contribution in [3.8, 4) is 0 Å². The summed E-state index contributed by atoms with van der Waals surface area (Å²) in [5.74, 6) is -3.79. The molecule has 0 aliphatic carbocycles. The third-order valence-electron chi connectivity index (χ3n) is 4.96. The fourth-order valence-corrected chi connectivity index (χ4v) is 3.75. The number of aliphatic imine (C=N–C) groups is 1. The predicted molar refractivity (Wildman–Crippen MR) is 138 cm³/mol. The van der Waals surface area contributed by atoms with E-state index < -0.39 is 36.2 Å². The van der Waals surface area contributed by atoms with Gasteiger partial charge in [-0.15, -0.1) is 10.2 Å². The van der Waals surface area contributed by atoms with Crippen LogP contribution in [-0.2, 0) is 27.4 Å². The van der Waals surface area contributed by atoms with Crippen LogP contribution in [0.4, 0.5) is 18.0 Å². The van der Waals surface area contributed by atoms with Crippen LogP contribution in [0, 0.1) is 0 Å². The second-order valence-electron chi connectivity index (χ2n) is 8.15. The van der Waals surface area contributed by atoms with Crippen LogP contribution in [0.5, 0.6) is 0 Å². The minimum Gasteiger partial charge on any atom is -0.480 e. The summed E-state index contributed by atoms with van der Waals surface area (Å²) < 4.78 is 36.8. The number of rotatable bonds is 12.